The molecule has 0 atom stereocenters. The fourth-order valence-electron chi connectivity index (χ4n) is 2.32. The summed E-state index contributed by atoms with van der Waals surface area (Å²) in [7, 11) is 1.53. The number of carboxylic acids is 1. The third kappa shape index (κ3) is 4.70. The summed E-state index contributed by atoms with van der Waals surface area (Å²) in [6, 6.07) is -0.320. The smallest absolute Gasteiger partial charge is 0.323 e. The SMILES string of the molecule is CCC1(CNC(=O)N(CCOC)CC(=O)O)CCC1. The number of hydrogen-bond acceptors (Lipinski definition) is 3. The highest BCUT2D eigenvalue weighted by molar-refractivity contribution is 5.80. The Bertz CT molecular complexity index is 310. The Kier molecular flexibility index (Phi) is 6.08. The van der Waals surface area contributed by atoms with Crippen molar-refractivity contribution < 1.29 is 19.4 Å². The first kappa shape index (κ1) is 15.8. The summed E-state index contributed by atoms with van der Waals surface area (Å²) in [5.41, 5.74) is 0.228. The lowest BCUT2D eigenvalue weighted by molar-refractivity contribution is -0.137. The van der Waals surface area contributed by atoms with Crippen LogP contribution in [0.4, 0.5) is 4.79 Å². The van der Waals surface area contributed by atoms with Gasteiger partial charge in [-0.3, -0.25) is 4.79 Å². The largest absolute Gasteiger partial charge is 0.480 e. The van der Waals surface area contributed by atoms with E-state index >= 15 is 0 Å². The third-order valence-corrected chi connectivity index (χ3v) is 3.96. The van der Waals surface area contributed by atoms with Crippen LogP contribution in [0.5, 0.6) is 0 Å². The van der Waals surface area contributed by atoms with Crippen LogP contribution >= 0.6 is 0 Å². The second-order valence-electron chi connectivity index (χ2n) is 5.17. The van der Waals surface area contributed by atoms with Crippen LogP contribution in [0, 0.1) is 5.41 Å². The number of carboxylic acid groups (broad SMARTS) is 1. The Hall–Kier alpha value is -1.30. The first-order valence-electron chi connectivity index (χ1n) is 6.76. The molecule has 1 aliphatic rings. The number of methoxy groups -OCH3 is 1. The number of amides is 2. The van der Waals surface area contributed by atoms with Crippen LogP contribution in [-0.2, 0) is 9.53 Å². The van der Waals surface area contributed by atoms with Gasteiger partial charge in [0.15, 0.2) is 0 Å². The van der Waals surface area contributed by atoms with Crippen molar-refractivity contribution in [2.24, 2.45) is 5.41 Å². The van der Waals surface area contributed by atoms with Crippen LogP contribution in [0.1, 0.15) is 32.6 Å². The summed E-state index contributed by atoms with van der Waals surface area (Å²) < 4.78 is 4.89. The molecule has 0 bridgehead atoms. The third-order valence-electron chi connectivity index (χ3n) is 3.96. The number of carbonyl (C=O) groups is 2. The average molecular weight is 272 g/mol. The Morgan fingerprint density at radius 1 is 1.42 bits per heavy atom. The minimum absolute atomic E-state index is 0.228. The molecule has 6 heteroatoms. The molecule has 0 aromatic heterocycles. The summed E-state index contributed by atoms with van der Waals surface area (Å²) in [5, 5.41) is 11.7. The summed E-state index contributed by atoms with van der Waals surface area (Å²) in [4.78, 5) is 24.0. The second-order valence-corrected chi connectivity index (χ2v) is 5.17. The van der Waals surface area contributed by atoms with Gasteiger partial charge in [0.25, 0.3) is 0 Å². The number of aliphatic carboxylic acids is 1. The van der Waals surface area contributed by atoms with Crippen molar-refractivity contribution in [3.05, 3.63) is 0 Å². The van der Waals surface area contributed by atoms with Gasteiger partial charge in [-0.1, -0.05) is 13.3 Å². The molecular formula is C13H24N2O4. The zero-order valence-electron chi connectivity index (χ0n) is 11.8. The molecule has 0 saturated heterocycles. The van der Waals surface area contributed by atoms with E-state index in [0.717, 1.165) is 19.3 Å². The van der Waals surface area contributed by atoms with E-state index in [1.807, 2.05) is 0 Å². The molecule has 0 aromatic rings. The fraction of sp³-hybridized carbons (Fsp3) is 0.846. The highest BCUT2D eigenvalue weighted by Crippen LogP contribution is 2.43. The number of urea groups is 1. The van der Waals surface area contributed by atoms with E-state index in [9.17, 15) is 9.59 Å². The summed E-state index contributed by atoms with van der Waals surface area (Å²) >= 11 is 0. The van der Waals surface area contributed by atoms with Gasteiger partial charge < -0.3 is 20.1 Å². The molecule has 0 heterocycles. The molecule has 0 radical (unpaired) electrons. The molecule has 0 spiro atoms. The molecule has 1 fully saturated rings. The van der Waals surface area contributed by atoms with Crippen molar-refractivity contribution in [1.29, 1.82) is 0 Å². The summed E-state index contributed by atoms with van der Waals surface area (Å²) in [5.74, 6) is -1.01. The van der Waals surface area contributed by atoms with Crippen molar-refractivity contribution in [3.8, 4) is 0 Å². The van der Waals surface area contributed by atoms with Gasteiger partial charge in [-0.15, -0.1) is 0 Å². The maximum atomic E-state index is 12.0. The summed E-state index contributed by atoms with van der Waals surface area (Å²) in [6.07, 6.45) is 4.54. The predicted octanol–water partition coefficient (Wildman–Crippen LogP) is 1.31. The topological polar surface area (TPSA) is 78.9 Å². The fourth-order valence-corrected chi connectivity index (χ4v) is 2.32. The van der Waals surface area contributed by atoms with Gasteiger partial charge in [0.2, 0.25) is 0 Å². The van der Waals surface area contributed by atoms with Gasteiger partial charge >= 0.3 is 12.0 Å². The van der Waals surface area contributed by atoms with Crippen molar-refractivity contribution in [2.75, 3.05) is 33.4 Å². The van der Waals surface area contributed by atoms with Crippen LogP contribution in [-0.4, -0.2) is 55.4 Å². The number of ether oxygens (including phenoxy) is 1. The standard InChI is InChI=1S/C13H24N2O4/c1-3-13(5-4-6-13)10-14-12(18)15(7-8-19-2)9-11(16)17/h3-10H2,1-2H3,(H,14,18)(H,16,17). The lowest BCUT2D eigenvalue weighted by Gasteiger charge is -2.41. The van der Waals surface area contributed by atoms with Crippen molar-refractivity contribution in [3.63, 3.8) is 0 Å². The van der Waals surface area contributed by atoms with E-state index in [1.165, 1.54) is 18.4 Å². The van der Waals surface area contributed by atoms with E-state index in [2.05, 4.69) is 12.2 Å². The number of hydrogen-bond donors (Lipinski definition) is 2. The van der Waals surface area contributed by atoms with Gasteiger partial charge in [0.1, 0.15) is 6.54 Å². The molecular weight excluding hydrogens is 248 g/mol. The van der Waals surface area contributed by atoms with E-state index < -0.39 is 5.97 Å². The number of nitrogens with one attached hydrogen (secondary N) is 1. The van der Waals surface area contributed by atoms with E-state index in [0.29, 0.717) is 13.2 Å². The average Bonchev–Trinajstić information content (AvgIpc) is 2.33. The first-order chi connectivity index (χ1) is 9.03. The molecule has 1 saturated carbocycles. The minimum Gasteiger partial charge on any atom is -0.480 e. The highest BCUT2D eigenvalue weighted by atomic mass is 16.5. The molecule has 1 aliphatic carbocycles. The maximum Gasteiger partial charge on any atom is 0.323 e. The highest BCUT2D eigenvalue weighted by Gasteiger charge is 2.35. The minimum atomic E-state index is -1.01. The maximum absolute atomic E-state index is 12.0. The number of rotatable bonds is 8. The van der Waals surface area contributed by atoms with Crippen molar-refractivity contribution in [1.82, 2.24) is 10.2 Å². The predicted molar refractivity (Wildman–Crippen MR) is 71.1 cm³/mol. The molecule has 2 amide bonds. The van der Waals surface area contributed by atoms with Gasteiger partial charge in [-0.05, 0) is 24.7 Å². The first-order valence-corrected chi connectivity index (χ1v) is 6.76. The Labute approximate surface area is 114 Å². The number of nitrogens with zero attached hydrogens (tertiary/aromatic N) is 1. The van der Waals surface area contributed by atoms with E-state index in [4.69, 9.17) is 9.84 Å². The Morgan fingerprint density at radius 3 is 2.53 bits per heavy atom. The van der Waals surface area contributed by atoms with Gasteiger partial charge in [-0.2, -0.15) is 0 Å². The van der Waals surface area contributed by atoms with Gasteiger partial charge in [0.05, 0.1) is 6.61 Å². The molecule has 0 aliphatic heterocycles. The Morgan fingerprint density at radius 2 is 2.11 bits per heavy atom. The second kappa shape index (κ2) is 7.33. The molecule has 19 heavy (non-hydrogen) atoms. The quantitative estimate of drug-likeness (QED) is 0.698. The van der Waals surface area contributed by atoms with Crippen molar-refractivity contribution in [2.45, 2.75) is 32.6 Å². The normalized spacial score (nSPS) is 16.5. The molecule has 6 nitrogen and oxygen atoms in total. The van der Waals surface area contributed by atoms with Crippen LogP contribution in [0.15, 0.2) is 0 Å². The van der Waals surface area contributed by atoms with E-state index in [-0.39, 0.29) is 24.5 Å². The monoisotopic (exact) mass is 272 g/mol. The summed E-state index contributed by atoms with van der Waals surface area (Å²) in [6.45, 7) is 3.08. The molecule has 2 N–H and O–H groups in total. The van der Waals surface area contributed by atoms with Crippen LogP contribution in [0.25, 0.3) is 0 Å². The number of carbonyl (C=O) groups excluding carboxylic acids is 1. The molecule has 1 rings (SSSR count). The zero-order valence-corrected chi connectivity index (χ0v) is 11.8. The Balaban J connectivity index is 2.43. The van der Waals surface area contributed by atoms with Gasteiger partial charge in [-0.25, -0.2) is 4.79 Å². The molecule has 0 unspecified atom stereocenters. The van der Waals surface area contributed by atoms with Crippen LogP contribution < -0.4 is 5.32 Å². The van der Waals surface area contributed by atoms with E-state index in [1.54, 1.807) is 0 Å². The lowest BCUT2D eigenvalue weighted by Crippen LogP contribution is -2.49. The molecule has 110 valence electrons. The van der Waals surface area contributed by atoms with Gasteiger partial charge in [0, 0.05) is 20.2 Å². The van der Waals surface area contributed by atoms with Crippen LogP contribution in [0.3, 0.4) is 0 Å². The van der Waals surface area contributed by atoms with Crippen LogP contribution in [0.2, 0.25) is 0 Å². The van der Waals surface area contributed by atoms with Crippen molar-refractivity contribution >= 4 is 12.0 Å². The molecule has 0 aromatic carbocycles. The lowest BCUT2D eigenvalue weighted by atomic mass is 9.67. The zero-order chi connectivity index (χ0) is 14.3.